The van der Waals surface area contributed by atoms with Crippen LogP contribution in [0.5, 0.6) is 5.75 Å². The second kappa shape index (κ2) is 10.3. The van der Waals surface area contributed by atoms with Crippen LogP contribution in [0.15, 0.2) is 58.3 Å². The number of hydrogen-bond donors (Lipinski definition) is 1. The molecule has 2 aromatic rings. The van der Waals surface area contributed by atoms with Gasteiger partial charge in [-0.15, -0.1) is 0 Å². The average Bonchev–Trinajstić information content (AvgIpc) is 2.69. The highest BCUT2D eigenvalue weighted by Gasteiger charge is 2.17. The summed E-state index contributed by atoms with van der Waals surface area (Å²) in [6.45, 7) is 4.19. The third-order valence-electron chi connectivity index (χ3n) is 4.29. The van der Waals surface area contributed by atoms with E-state index in [1.54, 1.807) is 33.0 Å². The number of sulfone groups is 1. The third-order valence-corrected chi connectivity index (χ3v) is 7.07. The van der Waals surface area contributed by atoms with Crippen LogP contribution >= 0.6 is 0 Å². The number of carbonyl (C=O) groups excluding carboxylic acids is 1. The Bertz CT molecular complexity index is 1110. The molecule has 2 rings (SSSR count). The lowest BCUT2D eigenvalue weighted by Gasteiger charge is -2.18. The average molecular weight is 469 g/mol. The van der Waals surface area contributed by atoms with E-state index in [0.29, 0.717) is 30.9 Å². The van der Waals surface area contributed by atoms with Gasteiger partial charge in [0.25, 0.3) is 5.91 Å². The molecule has 1 N–H and O–H groups in total. The molecule has 0 saturated heterocycles. The summed E-state index contributed by atoms with van der Waals surface area (Å²) >= 11 is 0. The zero-order chi connectivity index (χ0) is 23.2. The van der Waals surface area contributed by atoms with Gasteiger partial charge in [0.05, 0.1) is 16.4 Å². The van der Waals surface area contributed by atoms with Crippen LogP contribution in [-0.4, -0.2) is 60.1 Å². The summed E-state index contributed by atoms with van der Waals surface area (Å²) in [5.41, 5.74) is 0.382. The van der Waals surface area contributed by atoms with Crippen molar-refractivity contribution >= 4 is 25.8 Å². The molecule has 0 fully saturated rings. The van der Waals surface area contributed by atoms with Gasteiger partial charge in [0.1, 0.15) is 5.75 Å². The smallest absolute Gasteiger partial charge is 0.253 e. The second-order valence-corrected chi connectivity index (χ2v) is 11.2. The van der Waals surface area contributed by atoms with Gasteiger partial charge in [0, 0.05) is 31.5 Å². The van der Waals surface area contributed by atoms with E-state index >= 15 is 0 Å². The molecule has 31 heavy (non-hydrogen) atoms. The predicted octanol–water partition coefficient (Wildman–Crippen LogP) is 2.32. The summed E-state index contributed by atoms with van der Waals surface area (Å²) < 4.78 is 55.6. The summed E-state index contributed by atoms with van der Waals surface area (Å²) in [5, 5.41) is 0. The van der Waals surface area contributed by atoms with Crippen molar-refractivity contribution in [2.75, 3.05) is 26.5 Å². The normalized spacial score (nSPS) is 12.0. The maximum Gasteiger partial charge on any atom is 0.253 e. The Kier molecular flexibility index (Phi) is 8.21. The Morgan fingerprint density at radius 3 is 2.26 bits per heavy atom. The van der Waals surface area contributed by atoms with E-state index in [9.17, 15) is 21.6 Å². The Labute approximate surface area is 184 Å². The molecule has 1 amide bonds. The lowest BCUT2D eigenvalue weighted by Crippen LogP contribution is -2.30. The molecule has 0 atom stereocenters. The molecule has 170 valence electrons. The van der Waals surface area contributed by atoms with Gasteiger partial charge < -0.3 is 9.64 Å². The highest BCUT2D eigenvalue weighted by atomic mass is 32.2. The Balaban J connectivity index is 1.89. The molecule has 2 aromatic carbocycles. The van der Waals surface area contributed by atoms with Gasteiger partial charge in [-0.1, -0.05) is 6.07 Å². The van der Waals surface area contributed by atoms with Crippen molar-refractivity contribution in [1.82, 2.24) is 9.62 Å². The number of benzene rings is 2. The van der Waals surface area contributed by atoms with Crippen molar-refractivity contribution in [3.05, 3.63) is 54.1 Å². The van der Waals surface area contributed by atoms with Gasteiger partial charge in [-0.3, -0.25) is 4.79 Å². The van der Waals surface area contributed by atoms with E-state index in [2.05, 4.69) is 4.72 Å². The van der Waals surface area contributed by atoms with E-state index in [1.807, 2.05) is 0 Å². The van der Waals surface area contributed by atoms with E-state index in [-0.39, 0.29) is 21.7 Å². The molecule has 0 heterocycles. The number of carbonyl (C=O) groups is 1. The van der Waals surface area contributed by atoms with Crippen LogP contribution in [0, 0.1) is 0 Å². The molecule has 0 aromatic heterocycles. The number of hydrogen-bond acceptors (Lipinski definition) is 6. The van der Waals surface area contributed by atoms with Gasteiger partial charge in [-0.2, -0.15) is 0 Å². The van der Waals surface area contributed by atoms with Crippen LogP contribution in [-0.2, 0) is 19.9 Å². The number of nitrogens with one attached hydrogen (secondary N) is 1. The highest BCUT2D eigenvalue weighted by molar-refractivity contribution is 7.90. The predicted molar refractivity (Wildman–Crippen MR) is 119 cm³/mol. The van der Waals surface area contributed by atoms with Crippen LogP contribution in [0.3, 0.4) is 0 Å². The molecular formula is C21H28N2O6S2. The highest BCUT2D eigenvalue weighted by Crippen LogP contribution is 2.17. The summed E-state index contributed by atoms with van der Waals surface area (Å²) in [7, 11) is -5.26. The van der Waals surface area contributed by atoms with Crippen molar-refractivity contribution < 1.29 is 26.4 Å². The molecule has 8 nitrogen and oxygen atoms in total. The molecule has 0 bridgehead atoms. The van der Waals surface area contributed by atoms with Crippen LogP contribution < -0.4 is 9.46 Å². The molecule has 0 spiro atoms. The fourth-order valence-electron chi connectivity index (χ4n) is 2.76. The molecular weight excluding hydrogens is 440 g/mol. The SMILES string of the molecule is CC(C)NS(=O)(=O)c1ccc(C(=O)N(C)CCCOc2cccc(S(C)(=O)=O)c2)cc1. The Morgan fingerprint density at radius 1 is 1.03 bits per heavy atom. The largest absolute Gasteiger partial charge is 0.493 e. The number of nitrogens with zero attached hydrogens (tertiary/aromatic N) is 1. The maximum absolute atomic E-state index is 12.6. The minimum atomic E-state index is -3.61. The summed E-state index contributed by atoms with van der Waals surface area (Å²) in [4.78, 5) is 14.4. The van der Waals surface area contributed by atoms with E-state index in [4.69, 9.17) is 4.74 Å². The number of ether oxygens (including phenoxy) is 1. The van der Waals surface area contributed by atoms with Crippen LogP contribution in [0.1, 0.15) is 30.6 Å². The van der Waals surface area contributed by atoms with E-state index < -0.39 is 19.9 Å². The molecule has 0 unspecified atom stereocenters. The number of rotatable bonds is 10. The standard InChI is InChI=1S/C21H28N2O6S2/c1-16(2)22-31(27,28)19-11-9-17(10-12-19)21(24)23(3)13-6-14-29-18-7-5-8-20(15-18)30(4,25)26/h5,7-12,15-16,22H,6,13-14H2,1-4H3. The first-order valence-corrected chi connectivity index (χ1v) is 13.1. The lowest BCUT2D eigenvalue weighted by molar-refractivity contribution is 0.0787. The number of amides is 1. The lowest BCUT2D eigenvalue weighted by atomic mass is 10.2. The molecule has 0 radical (unpaired) electrons. The van der Waals surface area contributed by atoms with Crippen molar-refractivity contribution in [1.29, 1.82) is 0 Å². The molecule has 0 saturated carbocycles. The van der Waals surface area contributed by atoms with Crippen molar-refractivity contribution in [2.45, 2.75) is 36.1 Å². The van der Waals surface area contributed by atoms with Crippen LogP contribution in [0.25, 0.3) is 0 Å². The summed E-state index contributed by atoms with van der Waals surface area (Å²) in [5.74, 6) is 0.212. The van der Waals surface area contributed by atoms with Crippen molar-refractivity contribution in [2.24, 2.45) is 0 Å². The van der Waals surface area contributed by atoms with Gasteiger partial charge >= 0.3 is 0 Å². The molecule has 0 aliphatic heterocycles. The van der Waals surface area contributed by atoms with E-state index in [1.165, 1.54) is 41.3 Å². The monoisotopic (exact) mass is 468 g/mol. The van der Waals surface area contributed by atoms with Crippen LogP contribution in [0.4, 0.5) is 0 Å². The fourth-order valence-corrected chi connectivity index (χ4v) is 4.67. The minimum absolute atomic E-state index is 0.102. The zero-order valence-corrected chi connectivity index (χ0v) is 19.7. The third kappa shape index (κ3) is 7.34. The summed E-state index contributed by atoms with van der Waals surface area (Å²) in [6.07, 6.45) is 1.67. The Morgan fingerprint density at radius 2 is 1.68 bits per heavy atom. The van der Waals surface area contributed by atoms with Gasteiger partial charge in [0.2, 0.25) is 10.0 Å². The van der Waals surface area contributed by atoms with Crippen molar-refractivity contribution in [3.8, 4) is 5.75 Å². The first kappa shape index (κ1) is 24.8. The first-order chi connectivity index (χ1) is 14.4. The van der Waals surface area contributed by atoms with Crippen LogP contribution in [0.2, 0.25) is 0 Å². The fraction of sp³-hybridized carbons (Fsp3) is 0.381. The van der Waals surface area contributed by atoms with Gasteiger partial charge in [-0.05, 0) is 62.7 Å². The molecule has 0 aliphatic carbocycles. The zero-order valence-electron chi connectivity index (χ0n) is 18.0. The molecule has 10 heteroatoms. The summed E-state index contributed by atoms with van der Waals surface area (Å²) in [6, 6.07) is 11.8. The van der Waals surface area contributed by atoms with Crippen molar-refractivity contribution in [3.63, 3.8) is 0 Å². The quantitative estimate of drug-likeness (QED) is 0.536. The first-order valence-electron chi connectivity index (χ1n) is 9.71. The van der Waals surface area contributed by atoms with Gasteiger partial charge in [-0.25, -0.2) is 21.6 Å². The Hall–Kier alpha value is -2.43. The van der Waals surface area contributed by atoms with Gasteiger partial charge in [0.15, 0.2) is 9.84 Å². The van der Waals surface area contributed by atoms with E-state index in [0.717, 1.165) is 6.26 Å². The topological polar surface area (TPSA) is 110 Å². The molecule has 0 aliphatic rings. The maximum atomic E-state index is 12.6. The second-order valence-electron chi connectivity index (χ2n) is 7.48. The minimum Gasteiger partial charge on any atom is -0.493 e. The number of sulfonamides is 1.